The zero-order chi connectivity index (χ0) is 17.2. The Bertz CT molecular complexity index is 871. The number of nitrogens with one attached hydrogen (secondary N) is 1. The van der Waals surface area contributed by atoms with Crippen molar-refractivity contribution in [1.29, 1.82) is 0 Å². The third kappa shape index (κ3) is 2.96. The van der Waals surface area contributed by atoms with Crippen molar-refractivity contribution in [2.45, 2.75) is 13.0 Å². The zero-order valence-corrected chi connectivity index (χ0v) is 13.8. The first kappa shape index (κ1) is 15.3. The Kier molecular flexibility index (Phi) is 3.89. The molecule has 1 aromatic carbocycles. The second kappa shape index (κ2) is 6.35. The van der Waals surface area contributed by atoms with E-state index in [0.717, 1.165) is 17.2 Å². The number of amides is 1. The summed E-state index contributed by atoms with van der Waals surface area (Å²) >= 11 is 0. The first-order valence-corrected chi connectivity index (χ1v) is 8.16. The molecular weight excluding hydrogens is 316 g/mol. The summed E-state index contributed by atoms with van der Waals surface area (Å²) in [5.74, 6) is 0.740. The Morgan fingerprint density at radius 3 is 2.68 bits per heavy atom. The first-order valence-electron chi connectivity index (χ1n) is 8.16. The van der Waals surface area contributed by atoms with Gasteiger partial charge in [0.1, 0.15) is 5.82 Å². The Morgan fingerprint density at radius 2 is 1.96 bits per heavy atom. The molecule has 1 fully saturated rings. The van der Waals surface area contributed by atoms with Crippen molar-refractivity contribution in [3.05, 3.63) is 66.1 Å². The summed E-state index contributed by atoms with van der Waals surface area (Å²) < 4.78 is 1.79. The average Bonchev–Trinajstić information content (AvgIpc) is 3.00. The van der Waals surface area contributed by atoms with Gasteiger partial charge in [-0.15, -0.1) is 5.10 Å². The molecule has 2 aromatic heterocycles. The topological polar surface area (TPSA) is 75.9 Å². The Morgan fingerprint density at radius 1 is 1.16 bits per heavy atom. The van der Waals surface area contributed by atoms with Crippen molar-refractivity contribution in [2.75, 3.05) is 18.4 Å². The minimum Gasteiger partial charge on any atom is -0.362 e. The number of para-hydroxylation sites is 1. The SMILES string of the molecule is Cc1c(C(=O)N2CC(Nc3cccnn3)C2)cnn1-c1ccccc1. The number of nitrogens with zero attached hydrogens (tertiary/aromatic N) is 5. The van der Waals surface area contributed by atoms with Crippen LogP contribution in [0.4, 0.5) is 5.82 Å². The van der Waals surface area contributed by atoms with E-state index in [1.54, 1.807) is 17.1 Å². The molecule has 0 atom stereocenters. The first-order chi connectivity index (χ1) is 12.2. The summed E-state index contributed by atoms with van der Waals surface area (Å²) in [6, 6.07) is 13.7. The van der Waals surface area contributed by atoms with Gasteiger partial charge in [0, 0.05) is 19.3 Å². The predicted molar refractivity (Wildman–Crippen MR) is 93.6 cm³/mol. The summed E-state index contributed by atoms with van der Waals surface area (Å²) in [7, 11) is 0. The lowest BCUT2D eigenvalue weighted by Crippen LogP contribution is -2.57. The predicted octanol–water partition coefficient (Wildman–Crippen LogP) is 1.91. The Balaban J connectivity index is 1.42. The van der Waals surface area contributed by atoms with Crippen LogP contribution in [0, 0.1) is 6.92 Å². The van der Waals surface area contributed by atoms with E-state index in [9.17, 15) is 4.79 Å². The van der Waals surface area contributed by atoms with Crippen LogP contribution in [-0.2, 0) is 0 Å². The monoisotopic (exact) mass is 334 g/mol. The molecule has 7 heteroatoms. The number of aromatic nitrogens is 4. The fourth-order valence-corrected chi connectivity index (χ4v) is 2.94. The highest BCUT2D eigenvalue weighted by atomic mass is 16.2. The van der Waals surface area contributed by atoms with E-state index in [1.807, 2.05) is 54.3 Å². The van der Waals surface area contributed by atoms with E-state index < -0.39 is 0 Å². The Labute approximate surface area is 145 Å². The number of hydrogen-bond acceptors (Lipinski definition) is 5. The molecular formula is C18H18N6O. The molecule has 0 saturated carbocycles. The maximum Gasteiger partial charge on any atom is 0.257 e. The van der Waals surface area contributed by atoms with Crippen molar-refractivity contribution in [1.82, 2.24) is 24.9 Å². The van der Waals surface area contributed by atoms with Gasteiger partial charge in [0.2, 0.25) is 0 Å². The van der Waals surface area contributed by atoms with Gasteiger partial charge in [0.15, 0.2) is 0 Å². The number of carbonyl (C=O) groups excluding carboxylic acids is 1. The highest BCUT2D eigenvalue weighted by molar-refractivity contribution is 5.95. The minimum atomic E-state index is 0.0110. The van der Waals surface area contributed by atoms with Crippen molar-refractivity contribution < 1.29 is 4.79 Å². The van der Waals surface area contributed by atoms with Gasteiger partial charge in [0.25, 0.3) is 5.91 Å². The van der Waals surface area contributed by atoms with Gasteiger partial charge >= 0.3 is 0 Å². The lowest BCUT2D eigenvalue weighted by atomic mass is 10.1. The third-order valence-corrected chi connectivity index (χ3v) is 4.33. The van der Waals surface area contributed by atoms with Crippen LogP contribution in [0.1, 0.15) is 16.1 Å². The summed E-state index contributed by atoms with van der Waals surface area (Å²) in [5, 5.41) is 15.5. The standard InChI is InChI=1S/C18H18N6O/c1-13-16(10-20-24(13)15-6-3-2-4-7-15)18(25)23-11-14(12-23)21-17-8-5-9-19-22-17/h2-10,14H,11-12H2,1H3,(H,21,22). The Hall–Kier alpha value is -3.22. The highest BCUT2D eigenvalue weighted by Crippen LogP contribution is 2.20. The number of anilines is 1. The summed E-state index contributed by atoms with van der Waals surface area (Å²) in [6.45, 7) is 3.21. The van der Waals surface area contributed by atoms with Crippen LogP contribution in [-0.4, -0.2) is 49.9 Å². The third-order valence-electron chi connectivity index (χ3n) is 4.33. The molecule has 1 aliphatic heterocycles. The number of rotatable bonds is 4. The van der Waals surface area contributed by atoms with Crippen LogP contribution >= 0.6 is 0 Å². The van der Waals surface area contributed by atoms with E-state index in [4.69, 9.17) is 0 Å². The van der Waals surface area contributed by atoms with Crippen LogP contribution in [0.2, 0.25) is 0 Å². The van der Waals surface area contributed by atoms with Crippen molar-refractivity contribution >= 4 is 11.7 Å². The van der Waals surface area contributed by atoms with Crippen LogP contribution in [0.5, 0.6) is 0 Å². The molecule has 3 heterocycles. The van der Waals surface area contributed by atoms with E-state index in [-0.39, 0.29) is 11.9 Å². The smallest absolute Gasteiger partial charge is 0.257 e. The molecule has 4 rings (SSSR count). The molecule has 1 saturated heterocycles. The van der Waals surface area contributed by atoms with Gasteiger partial charge in [0.05, 0.1) is 29.2 Å². The molecule has 7 nitrogen and oxygen atoms in total. The molecule has 1 aliphatic rings. The molecule has 0 unspecified atom stereocenters. The molecule has 0 bridgehead atoms. The molecule has 1 N–H and O–H groups in total. The summed E-state index contributed by atoms with van der Waals surface area (Å²) in [5.41, 5.74) is 2.44. The molecule has 1 amide bonds. The van der Waals surface area contributed by atoms with Crippen molar-refractivity contribution in [2.24, 2.45) is 0 Å². The fourth-order valence-electron chi connectivity index (χ4n) is 2.94. The van der Waals surface area contributed by atoms with Gasteiger partial charge in [-0.05, 0) is 31.2 Å². The second-order valence-corrected chi connectivity index (χ2v) is 6.05. The van der Waals surface area contributed by atoms with E-state index in [0.29, 0.717) is 18.7 Å². The molecule has 0 radical (unpaired) electrons. The lowest BCUT2D eigenvalue weighted by molar-refractivity contribution is 0.0624. The number of likely N-dealkylation sites (tertiary alicyclic amines) is 1. The largest absolute Gasteiger partial charge is 0.362 e. The average molecular weight is 334 g/mol. The quantitative estimate of drug-likeness (QED) is 0.789. The second-order valence-electron chi connectivity index (χ2n) is 6.05. The molecule has 3 aromatic rings. The highest BCUT2D eigenvalue weighted by Gasteiger charge is 2.33. The maximum absolute atomic E-state index is 12.7. The zero-order valence-electron chi connectivity index (χ0n) is 13.8. The summed E-state index contributed by atoms with van der Waals surface area (Å²) in [6.07, 6.45) is 3.28. The van der Waals surface area contributed by atoms with E-state index in [1.165, 1.54) is 0 Å². The molecule has 0 aliphatic carbocycles. The normalized spacial score (nSPS) is 14.2. The van der Waals surface area contributed by atoms with Gasteiger partial charge in [-0.2, -0.15) is 10.2 Å². The molecule has 25 heavy (non-hydrogen) atoms. The van der Waals surface area contributed by atoms with Gasteiger partial charge in [-0.1, -0.05) is 18.2 Å². The number of benzene rings is 1. The minimum absolute atomic E-state index is 0.0110. The van der Waals surface area contributed by atoms with Crippen molar-refractivity contribution in [3.63, 3.8) is 0 Å². The van der Waals surface area contributed by atoms with Gasteiger partial charge < -0.3 is 10.2 Å². The van der Waals surface area contributed by atoms with E-state index in [2.05, 4.69) is 20.6 Å². The summed E-state index contributed by atoms with van der Waals surface area (Å²) in [4.78, 5) is 14.5. The number of hydrogen-bond donors (Lipinski definition) is 1. The van der Waals surface area contributed by atoms with Gasteiger partial charge in [-0.25, -0.2) is 4.68 Å². The van der Waals surface area contributed by atoms with Crippen LogP contribution in [0.15, 0.2) is 54.9 Å². The molecule has 0 spiro atoms. The molecule has 126 valence electrons. The van der Waals surface area contributed by atoms with Crippen LogP contribution in [0.25, 0.3) is 5.69 Å². The fraction of sp³-hybridized carbons (Fsp3) is 0.222. The van der Waals surface area contributed by atoms with Crippen molar-refractivity contribution in [3.8, 4) is 5.69 Å². The van der Waals surface area contributed by atoms with Crippen LogP contribution in [0.3, 0.4) is 0 Å². The number of carbonyl (C=O) groups is 1. The maximum atomic E-state index is 12.7. The van der Waals surface area contributed by atoms with E-state index >= 15 is 0 Å². The lowest BCUT2D eigenvalue weighted by Gasteiger charge is -2.39. The van der Waals surface area contributed by atoms with Crippen LogP contribution < -0.4 is 5.32 Å². The van der Waals surface area contributed by atoms with Gasteiger partial charge in [-0.3, -0.25) is 4.79 Å².